The van der Waals surface area contributed by atoms with Crippen molar-refractivity contribution in [2.75, 3.05) is 14.1 Å². The molecular weight excluding hydrogens is 191 g/mol. The number of hydrogen-bond acceptors (Lipinski definition) is 2. The molecule has 1 rings (SSSR count). The molecule has 0 saturated heterocycles. The zero-order valence-electron chi connectivity index (χ0n) is 9.84. The average Bonchev–Trinajstić information content (AvgIpc) is 2.05. The lowest BCUT2D eigenvalue weighted by Crippen LogP contribution is -2.28. The first-order chi connectivity index (χ1) is 6.80. The molecule has 84 valence electrons. The van der Waals surface area contributed by atoms with Crippen molar-refractivity contribution < 1.29 is 4.39 Å². The Hall–Kier alpha value is -0.930. The fourth-order valence-electron chi connectivity index (χ4n) is 1.42. The topological polar surface area (TPSA) is 29.3 Å². The van der Waals surface area contributed by atoms with Crippen molar-refractivity contribution in [3.05, 3.63) is 35.1 Å². The number of halogens is 1. The van der Waals surface area contributed by atoms with E-state index in [1.165, 1.54) is 6.07 Å². The molecular formula is C12H19FN2. The second kappa shape index (κ2) is 4.29. The van der Waals surface area contributed by atoms with Crippen molar-refractivity contribution in [3.8, 4) is 0 Å². The molecule has 0 amide bonds. The van der Waals surface area contributed by atoms with Crippen molar-refractivity contribution in [2.24, 2.45) is 5.73 Å². The molecule has 3 heteroatoms. The van der Waals surface area contributed by atoms with E-state index >= 15 is 0 Å². The lowest BCUT2D eigenvalue weighted by Gasteiger charge is -2.20. The van der Waals surface area contributed by atoms with E-state index in [1.54, 1.807) is 6.07 Å². The molecule has 0 aliphatic carbocycles. The van der Waals surface area contributed by atoms with Crippen LogP contribution in [-0.4, -0.2) is 19.0 Å². The maximum absolute atomic E-state index is 13.7. The van der Waals surface area contributed by atoms with E-state index in [4.69, 9.17) is 5.73 Å². The van der Waals surface area contributed by atoms with E-state index in [0.29, 0.717) is 12.1 Å². The van der Waals surface area contributed by atoms with E-state index in [9.17, 15) is 4.39 Å². The van der Waals surface area contributed by atoms with E-state index in [1.807, 2.05) is 38.9 Å². The Labute approximate surface area is 90.9 Å². The molecule has 0 fully saturated rings. The molecule has 0 saturated carbocycles. The predicted octanol–water partition coefficient (Wildman–Crippen LogP) is 2.08. The second-order valence-corrected chi connectivity index (χ2v) is 4.77. The average molecular weight is 210 g/mol. The van der Waals surface area contributed by atoms with Crippen LogP contribution >= 0.6 is 0 Å². The molecule has 0 unspecified atom stereocenters. The van der Waals surface area contributed by atoms with Gasteiger partial charge in [-0.2, -0.15) is 0 Å². The zero-order valence-corrected chi connectivity index (χ0v) is 9.84. The van der Waals surface area contributed by atoms with Crippen molar-refractivity contribution in [1.29, 1.82) is 0 Å². The second-order valence-electron chi connectivity index (χ2n) is 4.77. The van der Waals surface area contributed by atoms with E-state index < -0.39 is 5.54 Å². The standard InChI is InChI=1S/C12H19FN2/c1-12(2,14)10-6-5-9(8-15(3)4)11(13)7-10/h5-7H,8,14H2,1-4H3. The van der Waals surface area contributed by atoms with Gasteiger partial charge in [-0.3, -0.25) is 0 Å². The Morgan fingerprint density at radius 1 is 1.33 bits per heavy atom. The van der Waals surface area contributed by atoms with Crippen LogP contribution in [0.2, 0.25) is 0 Å². The Kier molecular flexibility index (Phi) is 3.47. The van der Waals surface area contributed by atoms with E-state index in [-0.39, 0.29) is 5.82 Å². The first kappa shape index (κ1) is 12.1. The number of hydrogen-bond donors (Lipinski definition) is 1. The van der Waals surface area contributed by atoms with Crippen molar-refractivity contribution in [1.82, 2.24) is 4.90 Å². The largest absolute Gasteiger partial charge is 0.322 e. The summed E-state index contributed by atoms with van der Waals surface area (Å²) in [7, 11) is 3.83. The van der Waals surface area contributed by atoms with Crippen LogP contribution in [0.25, 0.3) is 0 Å². The zero-order chi connectivity index (χ0) is 11.6. The summed E-state index contributed by atoms with van der Waals surface area (Å²) in [5.74, 6) is -0.181. The van der Waals surface area contributed by atoms with Crippen molar-refractivity contribution in [2.45, 2.75) is 25.9 Å². The number of nitrogens with two attached hydrogens (primary N) is 1. The van der Waals surface area contributed by atoms with Crippen LogP contribution < -0.4 is 5.73 Å². The van der Waals surface area contributed by atoms with Crippen LogP contribution in [0.15, 0.2) is 18.2 Å². The molecule has 15 heavy (non-hydrogen) atoms. The highest BCUT2D eigenvalue weighted by Crippen LogP contribution is 2.20. The van der Waals surface area contributed by atoms with E-state index in [2.05, 4.69) is 0 Å². The minimum atomic E-state index is -0.489. The molecule has 1 aromatic carbocycles. The van der Waals surface area contributed by atoms with Gasteiger partial charge in [-0.15, -0.1) is 0 Å². The smallest absolute Gasteiger partial charge is 0.128 e. The van der Waals surface area contributed by atoms with Crippen LogP contribution in [0.1, 0.15) is 25.0 Å². The Balaban J connectivity index is 2.98. The Morgan fingerprint density at radius 3 is 2.33 bits per heavy atom. The SMILES string of the molecule is CN(C)Cc1ccc(C(C)(C)N)cc1F. The molecule has 0 atom stereocenters. The van der Waals surface area contributed by atoms with Crippen LogP contribution in [0.4, 0.5) is 4.39 Å². The molecule has 0 radical (unpaired) electrons. The van der Waals surface area contributed by atoms with Crippen LogP contribution in [0, 0.1) is 5.82 Å². The van der Waals surface area contributed by atoms with Gasteiger partial charge in [-0.05, 0) is 39.6 Å². The third-order valence-electron chi connectivity index (χ3n) is 2.28. The minimum Gasteiger partial charge on any atom is -0.322 e. The summed E-state index contributed by atoms with van der Waals surface area (Å²) in [5, 5.41) is 0. The molecule has 0 bridgehead atoms. The molecule has 2 N–H and O–H groups in total. The summed E-state index contributed by atoms with van der Waals surface area (Å²) in [4.78, 5) is 1.94. The summed E-state index contributed by atoms with van der Waals surface area (Å²) in [6, 6.07) is 5.22. The lowest BCUT2D eigenvalue weighted by atomic mass is 9.94. The summed E-state index contributed by atoms with van der Waals surface area (Å²) >= 11 is 0. The normalized spacial score (nSPS) is 12.2. The monoisotopic (exact) mass is 210 g/mol. The first-order valence-electron chi connectivity index (χ1n) is 5.03. The highest BCUT2D eigenvalue weighted by molar-refractivity contribution is 5.28. The number of benzene rings is 1. The van der Waals surface area contributed by atoms with Crippen molar-refractivity contribution in [3.63, 3.8) is 0 Å². The molecule has 0 aliphatic rings. The fourth-order valence-corrected chi connectivity index (χ4v) is 1.42. The fraction of sp³-hybridized carbons (Fsp3) is 0.500. The summed E-state index contributed by atoms with van der Waals surface area (Å²) < 4.78 is 13.7. The van der Waals surface area contributed by atoms with Gasteiger partial charge in [0.2, 0.25) is 0 Å². The highest BCUT2D eigenvalue weighted by Gasteiger charge is 2.15. The highest BCUT2D eigenvalue weighted by atomic mass is 19.1. The third-order valence-corrected chi connectivity index (χ3v) is 2.28. The summed E-state index contributed by atoms with van der Waals surface area (Å²) in [5.41, 5.74) is 6.93. The van der Waals surface area contributed by atoms with Gasteiger partial charge in [-0.1, -0.05) is 12.1 Å². The van der Waals surface area contributed by atoms with Gasteiger partial charge >= 0.3 is 0 Å². The molecule has 2 nitrogen and oxygen atoms in total. The quantitative estimate of drug-likeness (QED) is 0.827. The van der Waals surface area contributed by atoms with Gasteiger partial charge in [0.25, 0.3) is 0 Å². The maximum atomic E-state index is 13.7. The van der Waals surface area contributed by atoms with Gasteiger partial charge in [0.1, 0.15) is 5.82 Å². The maximum Gasteiger partial charge on any atom is 0.128 e. The van der Waals surface area contributed by atoms with Crippen LogP contribution in [0.3, 0.4) is 0 Å². The lowest BCUT2D eigenvalue weighted by molar-refractivity contribution is 0.392. The van der Waals surface area contributed by atoms with Gasteiger partial charge < -0.3 is 10.6 Å². The van der Waals surface area contributed by atoms with E-state index in [0.717, 1.165) is 5.56 Å². The van der Waals surface area contributed by atoms with Gasteiger partial charge in [0.05, 0.1) is 0 Å². The molecule has 0 aromatic heterocycles. The molecule has 0 spiro atoms. The third kappa shape index (κ3) is 3.29. The molecule has 0 aliphatic heterocycles. The Morgan fingerprint density at radius 2 is 1.93 bits per heavy atom. The van der Waals surface area contributed by atoms with Crippen LogP contribution in [0.5, 0.6) is 0 Å². The van der Waals surface area contributed by atoms with Crippen molar-refractivity contribution >= 4 is 0 Å². The Bertz CT molecular complexity index is 340. The predicted molar refractivity (Wildman–Crippen MR) is 61.0 cm³/mol. The van der Waals surface area contributed by atoms with Gasteiger partial charge in [0, 0.05) is 17.6 Å². The first-order valence-corrected chi connectivity index (χ1v) is 5.03. The number of nitrogens with zero attached hydrogens (tertiary/aromatic N) is 1. The molecule has 0 heterocycles. The summed E-state index contributed by atoms with van der Waals surface area (Å²) in [6.45, 7) is 4.35. The molecule has 1 aromatic rings. The van der Waals surface area contributed by atoms with Gasteiger partial charge in [0.15, 0.2) is 0 Å². The summed E-state index contributed by atoms with van der Waals surface area (Å²) in [6.07, 6.45) is 0. The minimum absolute atomic E-state index is 0.181. The number of rotatable bonds is 3. The van der Waals surface area contributed by atoms with Crippen LogP contribution in [-0.2, 0) is 12.1 Å². The van der Waals surface area contributed by atoms with Gasteiger partial charge in [-0.25, -0.2) is 4.39 Å².